The average Bonchev–Trinajstić information content (AvgIpc) is 2.39. The minimum absolute atomic E-state index is 0.329. The largest absolute Gasteiger partial charge is 0.396 e. The Morgan fingerprint density at radius 2 is 2.00 bits per heavy atom. The van der Waals surface area contributed by atoms with Crippen molar-refractivity contribution in [2.75, 3.05) is 26.7 Å². The van der Waals surface area contributed by atoms with Crippen molar-refractivity contribution in [1.82, 2.24) is 4.90 Å². The summed E-state index contributed by atoms with van der Waals surface area (Å²) in [5, 5.41) is 8.78. The molecule has 0 amide bonds. The van der Waals surface area contributed by atoms with E-state index in [0.29, 0.717) is 18.6 Å². The van der Waals surface area contributed by atoms with Crippen LogP contribution in [0.4, 0.5) is 0 Å². The maximum absolute atomic E-state index is 8.78. The topological polar surface area (TPSA) is 49.5 Å². The molecule has 3 nitrogen and oxygen atoms in total. The number of rotatable bonds is 9. The minimum Gasteiger partial charge on any atom is -0.396 e. The van der Waals surface area contributed by atoms with Crippen LogP contribution in [-0.2, 0) is 0 Å². The molecule has 0 aromatic carbocycles. The van der Waals surface area contributed by atoms with E-state index in [2.05, 4.69) is 18.9 Å². The summed E-state index contributed by atoms with van der Waals surface area (Å²) in [5.74, 6) is 1.60. The third kappa shape index (κ3) is 6.73. The van der Waals surface area contributed by atoms with Gasteiger partial charge >= 0.3 is 0 Å². The highest BCUT2D eigenvalue weighted by atomic mass is 16.2. The van der Waals surface area contributed by atoms with Gasteiger partial charge in [-0.2, -0.15) is 0 Å². The number of unbranched alkanes of at least 4 members (excludes halogenated alkanes) is 2. The van der Waals surface area contributed by atoms with Crippen molar-refractivity contribution in [2.24, 2.45) is 17.6 Å². The monoisotopic (exact) mass is 270 g/mol. The Balaban J connectivity index is 2.24. The third-order valence-electron chi connectivity index (χ3n) is 4.59. The van der Waals surface area contributed by atoms with Crippen LogP contribution in [0.3, 0.4) is 0 Å². The van der Waals surface area contributed by atoms with Gasteiger partial charge in [-0.25, -0.2) is 0 Å². The molecule has 1 saturated carbocycles. The van der Waals surface area contributed by atoms with E-state index in [1.54, 1.807) is 0 Å². The van der Waals surface area contributed by atoms with Gasteiger partial charge in [0.05, 0.1) is 0 Å². The Kier molecular flexibility index (Phi) is 8.67. The van der Waals surface area contributed by atoms with Gasteiger partial charge in [0.1, 0.15) is 0 Å². The molecule has 19 heavy (non-hydrogen) atoms. The van der Waals surface area contributed by atoms with Gasteiger partial charge in [-0.1, -0.05) is 19.8 Å². The fourth-order valence-corrected chi connectivity index (χ4v) is 3.43. The third-order valence-corrected chi connectivity index (χ3v) is 4.59. The second kappa shape index (κ2) is 9.73. The van der Waals surface area contributed by atoms with Crippen LogP contribution in [0, 0.1) is 11.8 Å². The molecule has 114 valence electrons. The van der Waals surface area contributed by atoms with Crippen LogP contribution >= 0.6 is 0 Å². The number of nitrogens with two attached hydrogens (primary N) is 1. The molecule has 0 bridgehead atoms. The summed E-state index contributed by atoms with van der Waals surface area (Å²) in [6.45, 7) is 4.91. The molecule has 3 atom stereocenters. The predicted molar refractivity (Wildman–Crippen MR) is 82.1 cm³/mol. The molecule has 0 radical (unpaired) electrons. The standard InChI is InChI=1S/C16H34N2O/c1-3-7-14-8-9-16(17)15(12-14)13-18(2)10-5-4-6-11-19/h14-16,19H,3-13,17H2,1-2H3. The van der Waals surface area contributed by atoms with Crippen molar-refractivity contribution < 1.29 is 5.11 Å². The molecule has 1 rings (SSSR count). The lowest BCUT2D eigenvalue weighted by molar-refractivity contribution is 0.166. The molecule has 0 heterocycles. The van der Waals surface area contributed by atoms with Crippen LogP contribution in [0.2, 0.25) is 0 Å². The van der Waals surface area contributed by atoms with Crippen LogP contribution < -0.4 is 5.73 Å². The van der Waals surface area contributed by atoms with Gasteiger partial charge in [-0.05, 0) is 64.0 Å². The summed E-state index contributed by atoms with van der Waals surface area (Å²) in [4.78, 5) is 2.44. The van der Waals surface area contributed by atoms with Crippen LogP contribution in [0.25, 0.3) is 0 Å². The van der Waals surface area contributed by atoms with Crippen LogP contribution in [-0.4, -0.2) is 42.8 Å². The summed E-state index contributed by atoms with van der Waals surface area (Å²) in [5.41, 5.74) is 6.30. The van der Waals surface area contributed by atoms with Gasteiger partial charge in [0, 0.05) is 19.2 Å². The second-order valence-corrected chi connectivity index (χ2v) is 6.44. The van der Waals surface area contributed by atoms with E-state index in [4.69, 9.17) is 10.8 Å². The summed E-state index contributed by atoms with van der Waals surface area (Å²) in [6.07, 6.45) is 9.84. The minimum atomic E-state index is 0.329. The van der Waals surface area contributed by atoms with Gasteiger partial charge < -0.3 is 15.7 Å². The molecule has 1 aliphatic rings. The fourth-order valence-electron chi connectivity index (χ4n) is 3.43. The van der Waals surface area contributed by atoms with E-state index in [0.717, 1.165) is 31.8 Å². The molecule has 0 aromatic rings. The highest BCUT2D eigenvalue weighted by molar-refractivity contribution is 4.84. The average molecular weight is 270 g/mol. The highest BCUT2D eigenvalue weighted by Gasteiger charge is 2.28. The predicted octanol–water partition coefficient (Wildman–Crippen LogP) is 2.62. The van der Waals surface area contributed by atoms with Gasteiger partial charge in [0.2, 0.25) is 0 Å². The van der Waals surface area contributed by atoms with Crippen molar-refractivity contribution in [3.8, 4) is 0 Å². The fraction of sp³-hybridized carbons (Fsp3) is 1.00. The molecule has 3 unspecified atom stereocenters. The summed E-state index contributed by atoms with van der Waals surface area (Å²) in [7, 11) is 2.22. The molecule has 3 heteroatoms. The van der Waals surface area contributed by atoms with Crippen molar-refractivity contribution >= 4 is 0 Å². The first-order valence-electron chi connectivity index (χ1n) is 8.22. The SMILES string of the molecule is CCCC1CCC(N)C(CN(C)CCCCCO)C1. The van der Waals surface area contributed by atoms with Gasteiger partial charge in [0.25, 0.3) is 0 Å². The molecular weight excluding hydrogens is 236 g/mol. The maximum atomic E-state index is 8.78. The van der Waals surface area contributed by atoms with Gasteiger partial charge in [-0.15, -0.1) is 0 Å². The molecule has 0 saturated heterocycles. The lowest BCUT2D eigenvalue weighted by Gasteiger charge is -2.36. The zero-order chi connectivity index (χ0) is 14.1. The molecule has 3 N–H and O–H groups in total. The van der Waals surface area contributed by atoms with E-state index in [-0.39, 0.29) is 0 Å². The number of nitrogens with zero attached hydrogens (tertiary/aromatic N) is 1. The molecular formula is C16H34N2O. The van der Waals surface area contributed by atoms with Crippen molar-refractivity contribution in [1.29, 1.82) is 0 Å². The lowest BCUT2D eigenvalue weighted by atomic mass is 9.76. The Morgan fingerprint density at radius 1 is 1.21 bits per heavy atom. The Morgan fingerprint density at radius 3 is 2.68 bits per heavy atom. The number of hydrogen-bond acceptors (Lipinski definition) is 3. The summed E-state index contributed by atoms with van der Waals surface area (Å²) < 4.78 is 0. The quantitative estimate of drug-likeness (QED) is 0.633. The first-order chi connectivity index (χ1) is 9.17. The van der Waals surface area contributed by atoms with Crippen molar-refractivity contribution in [3.63, 3.8) is 0 Å². The summed E-state index contributed by atoms with van der Waals surface area (Å²) >= 11 is 0. The zero-order valence-corrected chi connectivity index (χ0v) is 13.0. The first kappa shape index (κ1) is 16.9. The highest BCUT2D eigenvalue weighted by Crippen LogP contribution is 2.31. The second-order valence-electron chi connectivity index (χ2n) is 6.44. The van der Waals surface area contributed by atoms with Crippen LogP contribution in [0.1, 0.15) is 58.3 Å². The molecule has 0 aliphatic heterocycles. The van der Waals surface area contributed by atoms with E-state index in [1.165, 1.54) is 38.5 Å². The molecule has 1 fully saturated rings. The van der Waals surface area contributed by atoms with E-state index in [9.17, 15) is 0 Å². The maximum Gasteiger partial charge on any atom is 0.0431 e. The van der Waals surface area contributed by atoms with Gasteiger partial charge in [0.15, 0.2) is 0 Å². The van der Waals surface area contributed by atoms with Crippen molar-refractivity contribution in [3.05, 3.63) is 0 Å². The van der Waals surface area contributed by atoms with E-state index < -0.39 is 0 Å². The number of aliphatic hydroxyl groups excluding tert-OH is 1. The number of aliphatic hydroxyl groups is 1. The Bertz CT molecular complexity index is 223. The number of hydrogen-bond donors (Lipinski definition) is 2. The van der Waals surface area contributed by atoms with Crippen molar-refractivity contribution in [2.45, 2.75) is 64.3 Å². The molecule has 0 aromatic heterocycles. The molecule has 1 aliphatic carbocycles. The smallest absolute Gasteiger partial charge is 0.0431 e. The van der Waals surface area contributed by atoms with Crippen LogP contribution in [0.5, 0.6) is 0 Å². The molecule has 0 spiro atoms. The normalized spacial score (nSPS) is 27.9. The first-order valence-corrected chi connectivity index (χ1v) is 8.22. The summed E-state index contributed by atoms with van der Waals surface area (Å²) in [6, 6.07) is 0.410. The zero-order valence-electron chi connectivity index (χ0n) is 13.0. The Hall–Kier alpha value is -0.120. The van der Waals surface area contributed by atoms with E-state index in [1.807, 2.05) is 0 Å². The van der Waals surface area contributed by atoms with Crippen LogP contribution in [0.15, 0.2) is 0 Å². The van der Waals surface area contributed by atoms with Gasteiger partial charge in [-0.3, -0.25) is 0 Å². The lowest BCUT2D eigenvalue weighted by Crippen LogP contribution is -2.42. The Labute approximate surface area is 119 Å². The van der Waals surface area contributed by atoms with E-state index >= 15 is 0 Å².